The van der Waals surface area contributed by atoms with E-state index in [4.69, 9.17) is 5.73 Å². The fraction of sp³-hybridized carbons (Fsp3) is 0.0769. The Morgan fingerprint density at radius 2 is 2.17 bits per heavy atom. The summed E-state index contributed by atoms with van der Waals surface area (Å²) < 4.78 is 0. The van der Waals surface area contributed by atoms with Gasteiger partial charge in [-0.25, -0.2) is 4.98 Å². The Morgan fingerprint density at radius 3 is 2.78 bits per heavy atom. The first-order valence-electron chi connectivity index (χ1n) is 5.39. The number of nitrogens with zero attached hydrogens (tertiary/aromatic N) is 1. The van der Waals surface area contributed by atoms with Gasteiger partial charge in [-0.2, -0.15) is 0 Å². The second-order valence-corrected chi connectivity index (χ2v) is 3.48. The maximum absolute atomic E-state index is 11.8. The number of hydrogen-bond acceptors (Lipinski definition) is 3. The van der Waals surface area contributed by atoms with Crippen LogP contribution in [0.1, 0.15) is 15.9 Å². The Kier molecular flexibility index (Phi) is 3.74. The molecule has 0 atom stereocenters. The molecule has 2 aromatic rings. The molecule has 1 aromatic heterocycles. The fourth-order valence-electron chi connectivity index (χ4n) is 1.37. The molecule has 0 unspecified atom stereocenters. The number of benzene rings is 1. The van der Waals surface area contributed by atoms with E-state index in [1.165, 1.54) is 0 Å². The van der Waals surface area contributed by atoms with Crippen molar-refractivity contribution < 1.29 is 4.79 Å². The smallest absolute Gasteiger partial charge is 0.257 e. The van der Waals surface area contributed by atoms with Gasteiger partial charge in [0.15, 0.2) is 0 Å². The van der Waals surface area contributed by atoms with E-state index in [1.54, 1.807) is 36.7 Å². The van der Waals surface area contributed by atoms with Crippen LogP contribution in [0.25, 0.3) is 0 Å². The number of nitrogens with two attached hydrogens (primary N) is 1. The van der Waals surface area contributed by atoms with Crippen LogP contribution in [0.4, 0.5) is 5.95 Å². The quantitative estimate of drug-likeness (QED) is 0.684. The molecule has 0 saturated carbocycles. The lowest BCUT2D eigenvalue weighted by molar-refractivity contribution is 0.102. The Labute approximate surface area is 104 Å². The molecule has 1 amide bonds. The van der Waals surface area contributed by atoms with E-state index in [0.29, 0.717) is 18.1 Å². The summed E-state index contributed by atoms with van der Waals surface area (Å²) in [5.41, 5.74) is 6.66. The lowest BCUT2D eigenvalue weighted by Gasteiger charge is -2.01. The maximum Gasteiger partial charge on any atom is 0.257 e. The van der Waals surface area contributed by atoms with Gasteiger partial charge in [-0.3, -0.25) is 10.1 Å². The highest BCUT2D eigenvalue weighted by Crippen LogP contribution is 2.06. The molecule has 0 fully saturated rings. The first-order chi connectivity index (χ1) is 8.79. The van der Waals surface area contributed by atoms with Crippen LogP contribution in [0.5, 0.6) is 0 Å². The molecular formula is C13H12N4O. The molecule has 1 heterocycles. The van der Waals surface area contributed by atoms with Crippen molar-refractivity contribution in [3.63, 3.8) is 0 Å². The summed E-state index contributed by atoms with van der Waals surface area (Å²) in [5.74, 6) is 5.85. The number of nitrogens with one attached hydrogen (secondary N) is 2. The van der Waals surface area contributed by atoms with Gasteiger partial charge < -0.3 is 10.7 Å². The number of H-pyrrole nitrogens is 1. The number of aromatic nitrogens is 2. The minimum atomic E-state index is -0.219. The van der Waals surface area contributed by atoms with Crippen LogP contribution in [-0.2, 0) is 0 Å². The van der Waals surface area contributed by atoms with Gasteiger partial charge in [0, 0.05) is 23.5 Å². The number of aromatic amines is 1. The third kappa shape index (κ3) is 2.97. The number of imidazole rings is 1. The maximum atomic E-state index is 11.8. The van der Waals surface area contributed by atoms with E-state index >= 15 is 0 Å². The van der Waals surface area contributed by atoms with Crippen LogP contribution in [0, 0.1) is 11.8 Å². The molecule has 0 bridgehead atoms. The van der Waals surface area contributed by atoms with Crippen molar-refractivity contribution in [3.05, 3.63) is 47.8 Å². The zero-order chi connectivity index (χ0) is 12.8. The highest BCUT2D eigenvalue weighted by atomic mass is 16.1. The molecule has 0 spiro atoms. The topological polar surface area (TPSA) is 83.8 Å². The van der Waals surface area contributed by atoms with E-state index < -0.39 is 0 Å². The summed E-state index contributed by atoms with van der Waals surface area (Å²) in [6, 6.07) is 6.97. The molecule has 4 N–H and O–H groups in total. The van der Waals surface area contributed by atoms with E-state index in [0.717, 1.165) is 5.56 Å². The monoisotopic (exact) mass is 240 g/mol. The molecule has 0 aliphatic carbocycles. The van der Waals surface area contributed by atoms with Gasteiger partial charge in [-0.05, 0) is 24.3 Å². The molecule has 0 aliphatic rings. The molecule has 0 radical (unpaired) electrons. The van der Waals surface area contributed by atoms with Crippen molar-refractivity contribution >= 4 is 11.9 Å². The summed E-state index contributed by atoms with van der Waals surface area (Å²) in [7, 11) is 0. The molecule has 5 heteroatoms. The molecular weight excluding hydrogens is 228 g/mol. The van der Waals surface area contributed by atoms with Crippen molar-refractivity contribution in [1.82, 2.24) is 9.97 Å². The highest BCUT2D eigenvalue weighted by molar-refractivity contribution is 6.03. The van der Waals surface area contributed by atoms with Crippen LogP contribution in [0.15, 0.2) is 36.7 Å². The lowest BCUT2D eigenvalue weighted by atomic mass is 10.1. The largest absolute Gasteiger partial charge is 0.331 e. The predicted octanol–water partition coefficient (Wildman–Crippen LogP) is 0.972. The Hall–Kier alpha value is -2.58. The fourth-order valence-corrected chi connectivity index (χ4v) is 1.37. The van der Waals surface area contributed by atoms with Gasteiger partial charge in [0.1, 0.15) is 0 Å². The third-order valence-electron chi connectivity index (χ3n) is 2.21. The number of rotatable bonds is 2. The van der Waals surface area contributed by atoms with Crippen LogP contribution in [0.3, 0.4) is 0 Å². The first kappa shape index (κ1) is 11.9. The van der Waals surface area contributed by atoms with E-state index in [1.807, 2.05) is 0 Å². The van der Waals surface area contributed by atoms with E-state index in [9.17, 15) is 4.79 Å². The minimum Gasteiger partial charge on any atom is -0.331 e. The van der Waals surface area contributed by atoms with Crippen molar-refractivity contribution in [2.24, 2.45) is 5.73 Å². The molecule has 0 saturated heterocycles. The first-order valence-corrected chi connectivity index (χ1v) is 5.39. The molecule has 5 nitrogen and oxygen atoms in total. The number of anilines is 1. The summed E-state index contributed by atoms with van der Waals surface area (Å²) >= 11 is 0. The summed E-state index contributed by atoms with van der Waals surface area (Å²) in [4.78, 5) is 18.5. The Bertz CT molecular complexity index is 576. The van der Waals surface area contributed by atoms with Crippen molar-refractivity contribution in [3.8, 4) is 11.8 Å². The molecule has 1 aromatic carbocycles. The van der Waals surface area contributed by atoms with Crippen molar-refractivity contribution in [2.75, 3.05) is 11.9 Å². The summed E-state index contributed by atoms with van der Waals surface area (Å²) in [6.45, 7) is 0.320. The van der Waals surface area contributed by atoms with Crippen LogP contribution < -0.4 is 11.1 Å². The normalized spacial score (nSPS) is 9.39. The minimum absolute atomic E-state index is 0.219. The predicted molar refractivity (Wildman–Crippen MR) is 68.9 cm³/mol. The summed E-state index contributed by atoms with van der Waals surface area (Å²) in [5, 5.41) is 2.64. The van der Waals surface area contributed by atoms with Gasteiger partial charge >= 0.3 is 0 Å². The Morgan fingerprint density at radius 1 is 1.39 bits per heavy atom. The number of amides is 1. The van der Waals surface area contributed by atoms with Crippen LogP contribution in [-0.4, -0.2) is 22.4 Å². The van der Waals surface area contributed by atoms with Crippen LogP contribution in [0.2, 0.25) is 0 Å². The third-order valence-corrected chi connectivity index (χ3v) is 2.21. The van der Waals surface area contributed by atoms with Gasteiger partial charge in [-0.15, -0.1) is 0 Å². The molecule has 18 heavy (non-hydrogen) atoms. The standard InChI is InChI=1S/C13H12N4O/c14-7-1-2-10-3-5-11(6-4-10)12(18)17-13-15-8-9-16-13/h3-6,8-9H,7,14H2,(H2,15,16,17,18). The van der Waals surface area contributed by atoms with Crippen molar-refractivity contribution in [1.29, 1.82) is 0 Å². The second-order valence-electron chi connectivity index (χ2n) is 3.48. The SMILES string of the molecule is NCC#Cc1ccc(C(=O)Nc2ncc[nH]2)cc1. The second kappa shape index (κ2) is 5.66. The van der Waals surface area contributed by atoms with Gasteiger partial charge in [0.05, 0.1) is 6.54 Å². The average Bonchev–Trinajstić information content (AvgIpc) is 2.89. The zero-order valence-electron chi connectivity index (χ0n) is 9.60. The summed E-state index contributed by atoms with van der Waals surface area (Å²) in [6.07, 6.45) is 3.21. The van der Waals surface area contributed by atoms with Crippen LogP contribution >= 0.6 is 0 Å². The molecule has 0 aliphatic heterocycles. The number of hydrogen-bond donors (Lipinski definition) is 3. The lowest BCUT2D eigenvalue weighted by Crippen LogP contribution is -2.12. The van der Waals surface area contributed by atoms with E-state index in [2.05, 4.69) is 27.1 Å². The number of carbonyl (C=O) groups excluding carboxylic acids is 1. The zero-order valence-corrected chi connectivity index (χ0v) is 9.60. The molecule has 2 rings (SSSR count). The highest BCUT2D eigenvalue weighted by Gasteiger charge is 2.06. The molecule has 90 valence electrons. The Balaban J connectivity index is 2.07. The number of carbonyl (C=O) groups is 1. The van der Waals surface area contributed by atoms with E-state index in [-0.39, 0.29) is 5.91 Å². The van der Waals surface area contributed by atoms with Gasteiger partial charge in [-0.1, -0.05) is 11.8 Å². The average molecular weight is 240 g/mol. The van der Waals surface area contributed by atoms with Gasteiger partial charge in [0.2, 0.25) is 5.95 Å². The van der Waals surface area contributed by atoms with Crippen molar-refractivity contribution in [2.45, 2.75) is 0 Å². The van der Waals surface area contributed by atoms with Gasteiger partial charge in [0.25, 0.3) is 5.91 Å².